The third-order valence-corrected chi connectivity index (χ3v) is 3.93. The second-order valence-corrected chi connectivity index (χ2v) is 7.23. The second kappa shape index (κ2) is 12.1. The van der Waals surface area contributed by atoms with Crippen molar-refractivity contribution in [2.75, 3.05) is 19.6 Å². The minimum absolute atomic E-state index is 0. The van der Waals surface area contributed by atoms with Gasteiger partial charge in [-0.3, -0.25) is 9.79 Å². The molecule has 3 N–H and O–H groups in total. The van der Waals surface area contributed by atoms with Gasteiger partial charge in [0, 0.05) is 18.5 Å². The number of aliphatic imine (C=N–C) groups is 1. The van der Waals surface area contributed by atoms with Gasteiger partial charge >= 0.3 is 0 Å². The van der Waals surface area contributed by atoms with Crippen LogP contribution in [0.25, 0.3) is 0 Å². The Kier molecular flexibility index (Phi) is 11.5. The van der Waals surface area contributed by atoms with E-state index in [9.17, 15) is 4.79 Å². The van der Waals surface area contributed by atoms with Crippen LogP contribution in [-0.4, -0.2) is 31.5 Å². The first-order chi connectivity index (χ1) is 11.8. The number of nitrogens with one attached hydrogen (secondary N) is 3. The summed E-state index contributed by atoms with van der Waals surface area (Å²) in [6, 6.07) is 8.81. The van der Waals surface area contributed by atoms with Crippen LogP contribution in [0.5, 0.6) is 0 Å². The molecular weight excluding hydrogens is 439 g/mol. The number of nitrogens with zero attached hydrogens (tertiary/aromatic N) is 1. The molecule has 1 rings (SSSR count). The summed E-state index contributed by atoms with van der Waals surface area (Å²) in [4.78, 5) is 16.4. The number of amides is 1. The van der Waals surface area contributed by atoms with Crippen LogP contribution in [0.1, 0.15) is 58.7 Å². The number of halogens is 1. The highest BCUT2D eigenvalue weighted by Gasteiger charge is 2.20. The van der Waals surface area contributed by atoms with Gasteiger partial charge in [-0.25, -0.2) is 0 Å². The molecule has 148 valence electrons. The number of rotatable bonds is 7. The molecule has 5 nitrogen and oxygen atoms in total. The summed E-state index contributed by atoms with van der Waals surface area (Å²) in [6.45, 7) is 13.9. The average molecular weight is 474 g/mol. The van der Waals surface area contributed by atoms with Crippen LogP contribution in [0.15, 0.2) is 29.3 Å². The summed E-state index contributed by atoms with van der Waals surface area (Å²) < 4.78 is 0. The summed E-state index contributed by atoms with van der Waals surface area (Å²) in [5, 5.41) is 9.58. The van der Waals surface area contributed by atoms with E-state index in [0.717, 1.165) is 18.9 Å². The lowest BCUT2D eigenvalue weighted by Gasteiger charge is -2.19. The molecule has 26 heavy (non-hydrogen) atoms. The fraction of sp³-hybridized carbons (Fsp3) is 0.600. The van der Waals surface area contributed by atoms with Gasteiger partial charge in [0.1, 0.15) is 0 Å². The highest BCUT2D eigenvalue weighted by atomic mass is 127. The van der Waals surface area contributed by atoms with Crippen LogP contribution in [0, 0.1) is 5.41 Å². The van der Waals surface area contributed by atoms with Crippen LogP contribution in [0.3, 0.4) is 0 Å². The van der Waals surface area contributed by atoms with E-state index < -0.39 is 0 Å². The summed E-state index contributed by atoms with van der Waals surface area (Å²) in [5.74, 6) is 0.810. The van der Waals surface area contributed by atoms with Crippen molar-refractivity contribution in [2.24, 2.45) is 10.4 Å². The van der Waals surface area contributed by atoms with Gasteiger partial charge in [0.25, 0.3) is 0 Å². The third kappa shape index (κ3) is 8.87. The van der Waals surface area contributed by atoms with Gasteiger partial charge in [0.2, 0.25) is 5.91 Å². The van der Waals surface area contributed by atoms with E-state index in [2.05, 4.69) is 59.1 Å². The Balaban J connectivity index is 0.00000625. The fourth-order valence-electron chi connectivity index (χ4n) is 2.25. The Morgan fingerprint density at radius 3 is 2.23 bits per heavy atom. The lowest BCUT2D eigenvalue weighted by molar-refractivity contribution is -0.128. The van der Waals surface area contributed by atoms with Crippen molar-refractivity contribution in [3.8, 4) is 0 Å². The number of carbonyl (C=O) groups is 1. The van der Waals surface area contributed by atoms with Crippen LogP contribution >= 0.6 is 24.0 Å². The molecule has 0 saturated heterocycles. The van der Waals surface area contributed by atoms with Crippen molar-refractivity contribution in [3.63, 3.8) is 0 Å². The van der Waals surface area contributed by atoms with Gasteiger partial charge < -0.3 is 16.0 Å². The van der Waals surface area contributed by atoms with Gasteiger partial charge in [-0.15, -0.1) is 24.0 Å². The van der Waals surface area contributed by atoms with Crippen molar-refractivity contribution < 1.29 is 4.79 Å². The van der Waals surface area contributed by atoms with Crippen molar-refractivity contribution in [2.45, 2.75) is 54.0 Å². The molecule has 0 aliphatic carbocycles. The number of carbonyl (C=O) groups excluding carboxylic acids is 1. The summed E-state index contributed by atoms with van der Waals surface area (Å²) in [6.07, 6.45) is 1.05. The average Bonchev–Trinajstić information content (AvgIpc) is 2.57. The van der Waals surface area contributed by atoms with Crippen molar-refractivity contribution >= 4 is 35.8 Å². The Morgan fingerprint density at radius 2 is 1.73 bits per heavy atom. The van der Waals surface area contributed by atoms with Crippen LogP contribution in [-0.2, 0) is 11.2 Å². The lowest BCUT2D eigenvalue weighted by atomic mass is 9.96. The highest BCUT2D eigenvalue weighted by Crippen LogP contribution is 2.14. The first-order valence-corrected chi connectivity index (χ1v) is 9.19. The summed E-state index contributed by atoms with van der Waals surface area (Å²) >= 11 is 0. The zero-order chi connectivity index (χ0) is 18.9. The van der Waals surface area contributed by atoms with Crippen LogP contribution in [0.4, 0.5) is 0 Å². The fourth-order valence-corrected chi connectivity index (χ4v) is 2.25. The van der Waals surface area contributed by atoms with Crippen molar-refractivity contribution in [1.82, 2.24) is 16.0 Å². The summed E-state index contributed by atoms with van der Waals surface area (Å²) in [7, 11) is 0. The first-order valence-electron chi connectivity index (χ1n) is 9.19. The van der Waals surface area contributed by atoms with E-state index in [1.165, 1.54) is 11.1 Å². The first kappa shape index (κ1) is 24.7. The minimum Gasteiger partial charge on any atom is -0.357 e. The third-order valence-electron chi connectivity index (χ3n) is 3.93. The van der Waals surface area contributed by atoms with E-state index in [1.54, 1.807) is 0 Å². The van der Waals surface area contributed by atoms with Crippen molar-refractivity contribution in [3.05, 3.63) is 35.4 Å². The largest absolute Gasteiger partial charge is 0.357 e. The second-order valence-electron chi connectivity index (χ2n) is 7.23. The zero-order valence-electron chi connectivity index (χ0n) is 17.0. The number of guanidine groups is 1. The van der Waals surface area contributed by atoms with E-state index >= 15 is 0 Å². The lowest BCUT2D eigenvalue weighted by Crippen LogP contribution is -2.40. The van der Waals surface area contributed by atoms with E-state index in [1.807, 2.05) is 27.7 Å². The molecule has 1 atom stereocenters. The molecular formula is C20H35IN4O. The molecule has 0 heterocycles. The maximum absolute atomic E-state index is 11.9. The Morgan fingerprint density at radius 1 is 1.12 bits per heavy atom. The molecule has 0 saturated carbocycles. The monoisotopic (exact) mass is 474 g/mol. The molecule has 1 amide bonds. The predicted molar refractivity (Wildman–Crippen MR) is 121 cm³/mol. The van der Waals surface area contributed by atoms with Gasteiger partial charge in [0.05, 0.1) is 12.6 Å². The molecule has 0 aromatic heterocycles. The standard InChI is InChI=1S/C20H34N4O.HI/c1-7-16-9-11-17(12-10-16)15(3)24-19(21-8-2)23-14-13-22-18(25)20(4,5)6;/h9-12,15H,7-8,13-14H2,1-6H3,(H,22,25)(H2,21,23,24);1H. The van der Waals surface area contributed by atoms with Gasteiger partial charge in [-0.1, -0.05) is 52.0 Å². The van der Waals surface area contributed by atoms with Gasteiger partial charge in [0.15, 0.2) is 5.96 Å². The van der Waals surface area contributed by atoms with Crippen molar-refractivity contribution in [1.29, 1.82) is 0 Å². The van der Waals surface area contributed by atoms with Gasteiger partial charge in [-0.2, -0.15) is 0 Å². The summed E-state index contributed by atoms with van der Waals surface area (Å²) in [5.41, 5.74) is 2.20. The smallest absolute Gasteiger partial charge is 0.225 e. The normalized spacial score (nSPS) is 12.8. The Bertz CT molecular complexity index is 564. The molecule has 0 spiro atoms. The quantitative estimate of drug-likeness (QED) is 0.245. The topological polar surface area (TPSA) is 65.5 Å². The highest BCUT2D eigenvalue weighted by molar-refractivity contribution is 14.0. The number of benzene rings is 1. The molecule has 0 fully saturated rings. The maximum atomic E-state index is 11.9. The molecule has 0 aliphatic heterocycles. The molecule has 0 aliphatic rings. The van der Waals surface area contributed by atoms with Crippen LogP contribution in [0.2, 0.25) is 0 Å². The van der Waals surface area contributed by atoms with Gasteiger partial charge in [-0.05, 0) is 31.4 Å². The zero-order valence-corrected chi connectivity index (χ0v) is 19.3. The number of hydrogen-bond donors (Lipinski definition) is 3. The molecule has 1 aromatic rings. The SMILES string of the molecule is CCNC(=NCCNC(=O)C(C)(C)C)NC(C)c1ccc(CC)cc1.I. The molecule has 6 heteroatoms. The predicted octanol–water partition coefficient (Wildman–Crippen LogP) is 3.65. The Hall–Kier alpha value is -1.31. The molecule has 1 aromatic carbocycles. The molecule has 0 radical (unpaired) electrons. The Labute approximate surface area is 175 Å². The number of aryl methyl sites for hydroxylation is 1. The van der Waals surface area contributed by atoms with E-state index in [4.69, 9.17) is 0 Å². The van der Waals surface area contributed by atoms with Crippen LogP contribution < -0.4 is 16.0 Å². The van der Waals surface area contributed by atoms with E-state index in [-0.39, 0.29) is 41.3 Å². The van der Waals surface area contributed by atoms with E-state index in [0.29, 0.717) is 13.1 Å². The molecule has 0 bridgehead atoms. The number of hydrogen-bond acceptors (Lipinski definition) is 2. The minimum atomic E-state index is -0.369. The molecule has 1 unspecified atom stereocenters. The maximum Gasteiger partial charge on any atom is 0.225 e.